The largest absolute Gasteiger partial charge is 0.462 e. The van der Waals surface area contributed by atoms with Gasteiger partial charge < -0.3 is 13.9 Å². The van der Waals surface area contributed by atoms with Crippen LogP contribution in [-0.2, 0) is 9.47 Å². The molecule has 0 aliphatic rings. The second-order valence-corrected chi connectivity index (χ2v) is 6.27. The highest BCUT2D eigenvalue weighted by atomic mass is 127. The molecule has 2 rings (SSSR count). The van der Waals surface area contributed by atoms with Crippen molar-refractivity contribution in [3.05, 3.63) is 50.3 Å². The van der Waals surface area contributed by atoms with Crippen LogP contribution in [0, 0.1) is 10.5 Å². The van der Waals surface area contributed by atoms with E-state index in [-0.39, 0.29) is 36.0 Å². The zero-order chi connectivity index (χ0) is 19.3. The van der Waals surface area contributed by atoms with Gasteiger partial charge in [-0.25, -0.2) is 9.59 Å². The third-order valence-electron chi connectivity index (χ3n) is 3.39. The number of benzene rings is 1. The number of carbonyl (C=O) groups excluding carboxylic acids is 3. The van der Waals surface area contributed by atoms with E-state index in [1.54, 1.807) is 38.1 Å². The van der Waals surface area contributed by atoms with Crippen LogP contribution in [0.25, 0.3) is 0 Å². The first-order valence-electron chi connectivity index (χ1n) is 7.94. The van der Waals surface area contributed by atoms with E-state index in [0.717, 1.165) is 3.57 Å². The maximum atomic E-state index is 12.5. The van der Waals surface area contributed by atoms with Crippen LogP contribution in [0.4, 0.5) is 5.88 Å². The number of amides is 1. The third-order valence-corrected chi connectivity index (χ3v) is 4.33. The van der Waals surface area contributed by atoms with Crippen LogP contribution < -0.4 is 5.32 Å². The molecule has 0 unspecified atom stereocenters. The summed E-state index contributed by atoms with van der Waals surface area (Å²) >= 11 is 2.03. The highest BCUT2D eigenvalue weighted by Crippen LogP contribution is 2.29. The molecule has 1 aromatic heterocycles. The number of halogens is 1. The number of rotatable bonds is 6. The molecule has 1 amide bonds. The van der Waals surface area contributed by atoms with Crippen molar-refractivity contribution in [3.8, 4) is 0 Å². The number of anilines is 1. The van der Waals surface area contributed by atoms with E-state index in [1.807, 2.05) is 22.6 Å². The van der Waals surface area contributed by atoms with Crippen LogP contribution in [0.2, 0.25) is 0 Å². The zero-order valence-corrected chi connectivity index (χ0v) is 16.7. The second kappa shape index (κ2) is 8.84. The molecule has 2 aromatic rings. The summed E-state index contributed by atoms with van der Waals surface area (Å²) in [6.45, 7) is 5.04. The Bertz CT molecular complexity index is 842. The fraction of sp³-hybridized carbons (Fsp3) is 0.278. The first-order valence-corrected chi connectivity index (χ1v) is 9.02. The summed E-state index contributed by atoms with van der Waals surface area (Å²) in [7, 11) is 0. The monoisotopic (exact) mass is 471 g/mol. The average Bonchev–Trinajstić information content (AvgIpc) is 2.91. The molecule has 0 spiro atoms. The lowest BCUT2D eigenvalue weighted by Crippen LogP contribution is -2.18. The normalized spacial score (nSPS) is 10.3. The van der Waals surface area contributed by atoms with E-state index >= 15 is 0 Å². The SMILES string of the molecule is CCOC(=O)c1c(C)oc(NC(=O)c2ccccc2I)c1C(=O)OCC. The van der Waals surface area contributed by atoms with Crippen LogP contribution >= 0.6 is 22.6 Å². The zero-order valence-electron chi connectivity index (χ0n) is 14.6. The van der Waals surface area contributed by atoms with Crippen molar-refractivity contribution in [1.29, 1.82) is 0 Å². The molecule has 0 saturated heterocycles. The Morgan fingerprint density at radius 2 is 1.62 bits per heavy atom. The molecule has 26 heavy (non-hydrogen) atoms. The number of carbonyl (C=O) groups is 3. The molecule has 138 valence electrons. The van der Waals surface area contributed by atoms with Gasteiger partial charge in [0, 0.05) is 3.57 Å². The summed E-state index contributed by atoms with van der Waals surface area (Å²) in [5.41, 5.74) is 0.208. The molecule has 0 aliphatic carbocycles. The third kappa shape index (κ3) is 4.24. The summed E-state index contributed by atoms with van der Waals surface area (Å²) in [4.78, 5) is 37.1. The smallest absolute Gasteiger partial charge is 0.344 e. The van der Waals surface area contributed by atoms with Gasteiger partial charge in [0.15, 0.2) is 0 Å². The number of aryl methyl sites for hydroxylation is 1. The number of furan rings is 1. The van der Waals surface area contributed by atoms with E-state index in [2.05, 4.69) is 5.32 Å². The van der Waals surface area contributed by atoms with Crippen molar-refractivity contribution in [3.63, 3.8) is 0 Å². The predicted octanol–water partition coefficient (Wildman–Crippen LogP) is 3.80. The average molecular weight is 471 g/mol. The van der Waals surface area contributed by atoms with E-state index < -0.39 is 17.8 Å². The Balaban J connectivity index is 2.46. The lowest BCUT2D eigenvalue weighted by molar-refractivity contribution is 0.0480. The second-order valence-electron chi connectivity index (χ2n) is 5.11. The fourth-order valence-electron chi connectivity index (χ4n) is 2.30. The van der Waals surface area contributed by atoms with Crippen LogP contribution in [0.15, 0.2) is 28.7 Å². The highest BCUT2D eigenvalue weighted by Gasteiger charge is 2.31. The van der Waals surface area contributed by atoms with Crippen LogP contribution in [-0.4, -0.2) is 31.1 Å². The lowest BCUT2D eigenvalue weighted by Gasteiger charge is -2.07. The molecule has 0 atom stereocenters. The Morgan fingerprint density at radius 3 is 2.19 bits per heavy atom. The van der Waals surface area contributed by atoms with Gasteiger partial charge >= 0.3 is 11.9 Å². The van der Waals surface area contributed by atoms with Crippen LogP contribution in [0.3, 0.4) is 0 Å². The van der Waals surface area contributed by atoms with Gasteiger partial charge in [0.25, 0.3) is 5.91 Å². The lowest BCUT2D eigenvalue weighted by atomic mass is 10.1. The number of ether oxygens (including phenoxy) is 2. The molecular formula is C18H18INO6. The van der Waals surface area contributed by atoms with Crippen LogP contribution in [0.5, 0.6) is 0 Å². The molecule has 0 saturated carbocycles. The molecule has 0 aliphatic heterocycles. The van der Waals surface area contributed by atoms with Crippen molar-refractivity contribution in [2.24, 2.45) is 0 Å². The molecule has 7 nitrogen and oxygen atoms in total. The Labute approximate surface area is 164 Å². The van der Waals surface area contributed by atoms with Gasteiger partial charge in [-0.15, -0.1) is 0 Å². The highest BCUT2D eigenvalue weighted by molar-refractivity contribution is 14.1. The van der Waals surface area contributed by atoms with Crippen molar-refractivity contribution in [1.82, 2.24) is 0 Å². The number of hydrogen-bond donors (Lipinski definition) is 1. The standard InChI is InChI=1S/C18H18INO6/c1-4-24-17(22)13-10(3)26-16(14(13)18(23)25-5-2)20-15(21)11-8-6-7-9-12(11)19/h6-9H,4-5H2,1-3H3,(H,20,21). The maximum absolute atomic E-state index is 12.5. The topological polar surface area (TPSA) is 94.8 Å². The molecule has 0 bridgehead atoms. The minimum absolute atomic E-state index is 0.0524. The minimum atomic E-state index is -0.773. The molecule has 1 aromatic carbocycles. The van der Waals surface area contributed by atoms with Crippen molar-refractivity contribution >= 4 is 46.3 Å². The number of hydrogen-bond acceptors (Lipinski definition) is 6. The van der Waals surface area contributed by atoms with Gasteiger partial charge in [0.2, 0.25) is 5.88 Å². The summed E-state index contributed by atoms with van der Waals surface area (Å²) in [5.74, 6) is -1.94. The molecule has 1 heterocycles. The van der Waals surface area contributed by atoms with Gasteiger partial charge in [-0.3, -0.25) is 10.1 Å². The number of nitrogens with one attached hydrogen (secondary N) is 1. The Hall–Kier alpha value is -2.36. The van der Waals surface area contributed by atoms with Crippen LogP contribution in [0.1, 0.15) is 50.7 Å². The van der Waals surface area contributed by atoms with E-state index in [9.17, 15) is 14.4 Å². The fourth-order valence-corrected chi connectivity index (χ4v) is 2.93. The molecule has 0 radical (unpaired) electrons. The molecular weight excluding hydrogens is 453 g/mol. The Kier molecular flexibility index (Phi) is 6.78. The molecule has 1 N–H and O–H groups in total. The number of esters is 2. The first-order chi connectivity index (χ1) is 12.4. The summed E-state index contributed by atoms with van der Waals surface area (Å²) < 4.78 is 16.2. The van der Waals surface area contributed by atoms with Gasteiger partial charge in [-0.2, -0.15) is 0 Å². The minimum Gasteiger partial charge on any atom is -0.462 e. The van der Waals surface area contributed by atoms with Crippen molar-refractivity contribution < 1.29 is 28.3 Å². The van der Waals surface area contributed by atoms with Crippen molar-refractivity contribution in [2.45, 2.75) is 20.8 Å². The van der Waals surface area contributed by atoms with Crippen molar-refractivity contribution in [2.75, 3.05) is 18.5 Å². The van der Waals surface area contributed by atoms with E-state index in [0.29, 0.717) is 5.56 Å². The first kappa shape index (κ1) is 20.0. The summed E-state index contributed by atoms with van der Waals surface area (Å²) in [6.07, 6.45) is 0. The molecule has 0 fully saturated rings. The van der Waals surface area contributed by atoms with Gasteiger partial charge in [-0.05, 0) is 55.5 Å². The van der Waals surface area contributed by atoms with Gasteiger partial charge in [0.1, 0.15) is 16.9 Å². The maximum Gasteiger partial charge on any atom is 0.344 e. The summed E-state index contributed by atoms with van der Waals surface area (Å²) in [5, 5.41) is 2.55. The van der Waals surface area contributed by atoms with E-state index in [1.165, 1.54) is 6.92 Å². The quantitative estimate of drug-likeness (QED) is 0.509. The van der Waals surface area contributed by atoms with Gasteiger partial charge in [0.05, 0.1) is 18.8 Å². The van der Waals surface area contributed by atoms with Gasteiger partial charge in [-0.1, -0.05) is 12.1 Å². The molecule has 8 heteroatoms. The van der Waals surface area contributed by atoms with E-state index in [4.69, 9.17) is 13.9 Å². The summed E-state index contributed by atoms with van der Waals surface area (Å²) in [6, 6.07) is 6.95. The predicted molar refractivity (Wildman–Crippen MR) is 102 cm³/mol. The Morgan fingerprint density at radius 1 is 1.04 bits per heavy atom.